The predicted octanol–water partition coefficient (Wildman–Crippen LogP) is 2.93. The number of aryl methyl sites for hydroxylation is 2. The number of hydrogen-bond acceptors (Lipinski definition) is 4. The summed E-state index contributed by atoms with van der Waals surface area (Å²) >= 11 is 0. The van der Waals surface area contributed by atoms with Crippen molar-refractivity contribution in [2.24, 2.45) is 5.10 Å². The molecule has 0 unspecified atom stereocenters. The molecular weight excluding hydrogens is 325 g/mol. The number of hydrazone groups is 1. The zero-order valence-electron chi connectivity index (χ0n) is 13.6. The number of carbonyl (C=O) groups excluding carboxylic acids is 1. The first-order valence-corrected chi connectivity index (χ1v) is 7.47. The fourth-order valence-corrected chi connectivity index (χ4v) is 2.31. The Morgan fingerprint density at radius 3 is 2.58 bits per heavy atom. The van der Waals surface area contributed by atoms with Crippen LogP contribution in [0.2, 0.25) is 0 Å². The minimum absolute atomic E-state index is 0.0902. The quantitative estimate of drug-likeness (QED) is 0.913. The Bertz CT molecular complexity index is 673. The SMILES string of the molecule is CCC1=NN(C(=O)COc2ccc(C)c(C)c2)[C@@](O)(C(F)(F)F)C1. The van der Waals surface area contributed by atoms with Gasteiger partial charge in [0.1, 0.15) is 5.75 Å². The second-order valence-electron chi connectivity index (χ2n) is 5.75. The highest BCUT2D eigenvalue weighted by Gasteiger charge is 2.62. The number of benzene rings is 1. The maximum atomic E-state index is 13.2. The molecule has 1 aliphatic rings. The summed E-state index contributed by atoms with van der Waals surface area (Å²) in [6.45, 7) is 4.71. The van der Waals surface area contributed by atoms with Gasteiger partial charge in [-0.15, -0.1) is 0 Å². The van der Waals surface area contributed by atoms with Gasteiger partial charge in [-0.3, -0.25) is 4.79 Å². The smallest absolute Gasteiger partial charge is 0.438 e. The van der Waals surface area contributed by atoms with E-state index in [-0.39, 0.29) is 17.1 Å². The molecule has 0 aromatic heterocycles. The van der Waals surface area contributed by atoms with E-state index in [1.165, 1.54) is 0 Å². The van der Waals surface area contributed by atoms with Crippen molar-refractivity contribution in [3.8, 4) is 5.75 Å². The highest BCUT2D eigenvalue weighted by Crippen LogP contribution is 2.40. The summed E-state index contributed by atoms with van der Waals surface area (Å²) in [7, 11) is 0. The molecule has 0 bridgehead atoms. The molecule has 1 atom stereocenters. The second-order valence-corrected chi connectivity index (χ2v) is 5.75. The van der Waals surface area contributed by atoms with E-state index in [9.17, 15) is 23.1 Å². The number of aliphatic hydroxyl groups is 1. The summed E-state index contributed by atoms with van der Waals surface area (Å²) < 4.78 is 44.8. The van der Waals surface area contributed by atoms with Crippen LogP contribution in [0.3, 0.4) is 0 Å². The van der Waals surface area contributed by atoms with E-state index >= 15 is 0 Å². The van der Waals surface area contributed by atoms with Crippen LogP contribution in [0, 0.1) is 13.8 Å². The van der Waals surface area contributed by atoms with Crippen molar-refractivity contribution in [1.29, 1.82) is 0 Å². The number of nitrogens with zero attached hydrogens (tertiary/aromatic N) is 2. The largest absolute Gasteiger partial charge is 0.484 e. The van der Waals surface area contributed by atoms with Gasteiger partial charge in [0.15, 0.2) is 6.61 Å². The van der Waals surface area contributed by atoms with Crippen molar-refractivity contribution in [2.75, 3.05) is 6.61 Å². The Hall–Kier alpha value is -2.09. The molecule has 0 saturated heterocycles. The topological polar surface area (TPSA) is 62.1 Å². The normalized spacial score (nSPS) is 21.0. The van der Waals surface area contributed by atoms with Crippen LogP contribution in [0.4, 0.5) is 13.2 Å². The van der Waals surface area contributed by atoms with Gasteiger partial charge in [0.2, 0.25) is 0 Å². The molecule has 1 aliphatic heterocycles. The number of halogens is 3. The van der Waals surface area contributed by atoms with Crippen LogP contribution >= 0.6 is 0 Å². The van der Waals surface area contributed by atoms with Crippen molar-refractivity contribution >= 4 is 11.6 Å². The van der Waals surface area contributed by atoms with Crippen molar-refractivity contribution in [1.82, 2.24) is 5.01 Å². The Morgan fingerprint density at radius 1 is 1.38 bits per heavy atom. The molecular formula is C16H19F3N2O3. The highest BCUT2D eigenvalue weighted by molar-refractivity contribution is 5.90. The third kappa shape index (κ3) is 3.38. The van der Waals surface area contributed by atoms with E-state index in [4.69, 9.17) is 4.74 Å². The number of carbonyl (C=O) groups is 1. The fourth-order valence-electron chi connectivity index (χ4n) is 2.31. The Balaban J connectivity index is 2.14. The molecule has 8 heteroatoms. The lowest BCUT2D eigenvalue weighted by molar-refractivity contribution is -0.302. The van der Waals surface area contributed by atoms with Gasteiger partial charge in [0.05, 0.1) is 0 Å². The monoisotopic (exact) mass is 344 g/mol. The Morgan fingerprint density at radius 2 is 2.04 bits per heavy atom. The first-order chi connectivity index (χ1) is 11.1. The molecule has 0 fully saturated rings. The molecule has 24 heavy (non-hydrogen) atoms. The van der Waals surface area contributed by atoms with Crippen LogP contribution in [-0.4, -0.2) is 40.2 Å². The molecule has 1 aromatic rings. The third-order valence-corrected chi connectivity index (χ3v) is 3.98. The summed E-state index contributed by atoms with van der Waals surface area (Å²) in [6.07, 6.45) is -5.55. The lowest BCUT2D eigenvalue weighted by atomic mass is 10.1. The van der Waals surface area contributed by atoms with E-state index in [0.29, 0.717) is 5.75 Å². The minimum atomic E-state index is -5.01. The molecule has 5 nitrogen and oxygen atoms in total. The van der Waals surface area contributed by atoms with E-state index in [1.54, 1.807) is 25.1 Å². The minimum Gasteiger partial charge on any atom is -0.484 e. The number of ether oxygens (including phenoxy) is 1. The zero-order chi connectivity index (χ0) is 18.1. The standard InChI is InChI=1S/C16H19F3N2O3/c1-4-12-8-15(23,16(17,18)19)21(20-12)14(22)9-24-13-6-5-10(2)11(3)7-13/h5-7,23H,4,8-9H2,1-3H3/t15-/m0/s1. The van der Waals surface area contributed by atoms with Gasteiger partial charge in [-0.25, -0.2) is 0 Å². The molecule has 2 rings (SSSR count). The van der Waals surface area contributed by atoms with Crippen LogP contribution in [0.15, 0.2) is 23.3 Å². The van der Waals surface area contributed by atoms with Crippen LogP contribution in [0.5, 0.6) is 5.75 Å². The number of alkyl halides is 3. The van der Waals surface area contributed by atoms with Gasteiger partial charge in [-0.05, 0) is 43.5 Å². The maximum absolute atomic E-state index is 13.2. The van der Waals surface area contributed by atoms with Gasteiger partial charge >= 0.3 is 6.18 Å². The van der Waals surface area contributed by atoms with Crippen LogP contribution in [-0.2, 0) is 4.79 Å². The molecule has 1 amide bonds. The van der Waals surface area contributed by atoms with Gasteiger partial charge < -0.3 is 9.84 Å². The molecule has 0 aliphatic carbocycles. The van der Waals surface area contributed by atoms with E-state index in [2.05, 4.69) is 5.10 Å². The Labute approximate surface area is 137 Å². The van der Waals surface area contributed by atoms with Crippen LogP contribution in [0.25, 0.3) is 0 Å². The molecule has 0 saturated carbocycles. The summed E-state index contributed by atoms with van der Waals surface area (Å²) in [5.74, 6) is -0.697. The molecule has 1 heterocycles. The van der Waals surface area contributed by atoms with Crippen molar-refractivity contribution in [3.63, 3.8) is 0 Å². The Kier molecular flexibility index (Phi) is 4.89. The van der Waals surface area contributed by atoms with Crippen LogP contribution in [0.1, 0.15) is 30.9 Å². The average Bonchev–Trinajstić information content (AvgIpc) is 2.86. The van der Waals surface area contributed by atoms with Gasteiger partial charge in [0.25, 0.3) is 11.6 Å². The maximum Gasteiger partial charge on any atom is 0.438 e. The van der Waals surface area contributed by atoms with Crippen LogP contribution < -0.4 is 4.74 Å². The number of rotatable bonds is 4. The zero-order valence-corrected chi connectivity index (χ0v) is 13.6. The highest BCUT2D eigenvalue weighted by atomic mass is 19.4. The van der Waals surface area contributed by atoms with Gasteiger partial charge in [-0.2, -0.15) is 23.3 Å². The number of amides is 1. The first kappa shape index (κ1) is 18.3. The average molecular weight is 344 g/mol. The molecule has 1 aromatic carbocycles. The van der Waals surface area contributed by atoms with Crippen molar-refractivity contribution in [3.05, 3.63) is 29.3 Å². The van der Waals surface area contributed by atoms with Gasteiger partial charge in [0, 0.05) is 12.1 Å². The number of hydrogen-bond donors (Lipinski definition) is 1. The summed E-state index contributed by atoms with van der Waals surface area (Å²) in [5.41, 5.74) is -1.26. The third-order valence-electron chi connectivity index (χ3n) is 3.98. The summed E-state index contributed by atoms with van der Waals surface area (Å²) in [6, 6.07) is 5.09. The lowest BCUT2D eigenvalue weighted by Gasteiger charge is -2.32. The summed E-state index contributed by atoms with van der Waals surface area (Å²) in [5, 5.41) is 13.7. The van der Waals surface area contributed by atoms with E-state index < -0.39 is 30.8 Å². The van der Waals surface area contributed by atoms with E-state index in [0.717, 1.165) is 11.1 Å². The molecule has 0 radical (unpaired) electrons. The van der Waals surface area contributed by atoms with Crippen molar-refractivity contribution < 1.29 is 27.8 Å². The summed E-state index contributed by atoms with van der Waals surface area (Å²) in [4.78, 5) is 12.1. The molecule has 0 spiro atoms. The second kappa shape index (κ2) is 6.43. The fraction of sp³-hybridized carbons (Fsp3) is 0.500. The van der Waals surface area contributed by atoms with Gasteiger partial charge in [-0.1, -0.05) is 13.0 Å². The molecule has 132 valence electrons. The van der Waals surface area contributed by atoms with E-state index in [1.807, 2.05) is 13.8 Å². The lowest BCUT2D eigenvalue weighted by Crippen LogP contribution is -2.57. The van der Waals surface area contributed by atoms with Crippen molar-refractivity contribution in [2.45, 2.75) is 45.5 Å². The molecule has 1 N–H and O–H groups in total. The predicted molar refractivity (Wildman–Crippen MR) is 81.6 cm³/mol. The first-order valence-electron chi connectivity index (χ1n) is 7.47.